The summed E-state index contributed by atoms with van der Waals surface area (Å²) in [5.41, 5.74) is 2.67. The molecule has 0 aliphatic heterocycles. The number of benzene rings is 2. The minimum atomic E-state index is 0.915. The van der Waals surface area contributed by atoms with Gasteiger partial charge in [0.15, 0.2) is 0 Å². The highest BCUT2D eigenvalue weighted by Crippen LogP contribution is 2.35. The molecule has 1 heterocycles. The summed E-state index contributed by atoms with van der Waals surface area (Å²) in [7, 11) is 0. The van der Waals surface area contributed by atoms with Crippen molar-refractivity contribution in [2.75, 3.05) is 0 Å². The van der Waals surface area contributed by atoms with Gasteiger partial charge in [-0.15, -0.1) is 11.3 Å². The summed E-state index contributed by atoms with van der Waals surface area (Å²) in [6, 6.07) is 13.4. The first-order valence-corrected chi connectivity index (χ1v) is 8.44. The summed E-state index contributed by atoms with van der Waals surface area (Å²) >= 11 is 8.91. The first-order chi connectivity index (χ1) is 8.31. The molecule has 1 aromatic heterocycles. The minimum absolute atomic E-state index is 0.915. The molecule has 3 heteroatoms. The molecule has 17 heavy (non-hydrogen) atoms. The van der Waals surface area contributed by atoms with E-state index in [0.29, 0.717) is 0 Å². The monoisotopic (exact) mass is 368 g/mol. The Kier molecular flexibility index (Phi) is 3.24. The molecule has 0 atom stereocenters. The summed E-state index contributed by atoms with van der Waals surface area (Å²) in [6.45, 7) is 0. The van der Waals surface area contributed by atoms with Gasteiger partial charge in [0.05, 0.1) is 0 Å². The summed E-state index contributed by atoms with van der Waals surface area (Å²) in [5.74, 6) is 0. The van der Waals surface area contributed by atoms with Crippen molar-refractivity contribution in [2.45, 2.75) is 10.7 Å². The zero-order chi connectivity index (χ0) is 11.8. The first kappa shape index (κ1) is 11.7. The number of halogens is 2. The van der Waals surface area contributed by atoms with Gasteiger partial charge in [0.2, 0.25) is 0 Å². The van der Waals surface area contributed by atoms with E-state index in [2.05, 4.69) is 68.3 Å². The molecule has 0 aliphatic carbocycles. The molecular formula is C14H10Br2S. The Hall–Kier alpha value is -0.380. The van der Waals surface area contributed by atoms with Gasteiger partial charge in [-0.25, -0.2) is 0 Å². The van der Waals surface area contributed by atoms with E-state index in [9.17, 15) is 0 Å². The number of hydrogen-bond acceptors (Lipinski definition) is 1. The quantitative estimate of drug-likeness (QED) is 0.497. The van der Waals surface area contributed by atoms with Gasteiger partial charge >= 0.3 is 0 Å². The molecule has 0 unspecified atom stereocenters. The molecule has 0 radical (unpaired) electrons. The van der Waals surface area contributed by atoms with Gasteiger partial charge in [-0.2, -0.15) is 0 Å². The molecule has 0 amide bonds. The normalized spacial score (nSPS) is 11.4. The molecule has 86 valence electrons. The third-order valence-electron chi connectivity index (χ3n) is 2.91. The van der Waals surface area contributed by atoms with Crippen LogP contribution in [0, 0.1) is 0 Å². The van der Waals surface area contributed by atoms with Gasteiger partial charge in [0, 0.05) is 30.8 Å². The van der Waals surface area contributed by atoms with Crippen LogP contribution in [0.2, 0.25) is 0 Å². The van der Waals surface area contributed by atoms with Crippen LogP contribution in [0.5, 0.6) is 0 Å². The van der Waals surface area contributed by atoms with E-state index in [0.717, 1.165) is 10.7 Å². The Morgan fingerprint density at radius 3 is 1.65 bits per heavy atom. The maximum Gasteiger partial charge on any atom is 0.0355 e. The second-order valence-electron chi connectivity index (χ2n) is 4.03. The molecule has 0 nitrogen and oxygen atoms in total. The summed E-state index contributed by atoms with van der Waals surface area (Å²) in [4.78, 5) is 0. The fraction of sp³-hybridized carbons (Fsp3) is 0.143. The Balaban J connectivity index is 2.37. The molecule has 0 saturated carbocycles. The summed E-state index contributed by atoms with van der Waals surface area (Å²) in [5, 5.41) is 4.59. The van der Waals surface area contributed by atoms with Gasteiger partial charge in [0.25, 0.3) is 0 Å². The number of thiophene rings is 1. The van der Waals surface area contributed by atoms with Crippen LogP contribution in [0.1, 0.15) is 11.1 Å². The number of rotatable bonds is 2. The van der Waals surface area contributed by atoms with E-state index < -0.39 is 0 Å². The van der Waals surface area contributed by atoms with Gasteiger partial charge in [-0.05, 0) is 35.4 Å². The van der Waals surface area contributed by atoms with Crippen LogP contribution in [0.15, 0.2) is 36.4 Å². The maximum absolute atomic E-state index is 3.52. The number of fused-ring (bicyclic) bond motifs is 3. The Morgan fingerprint density at radius 2 is 1.24 bits per heavy atom. The van der Waals surface area contributed by atoms with Crippen molar-refractivity contribution in [3.05, 3.63) is 47.5 Å². The molecule has 0 bridgehead atoms. The molecule has 0 spiro atoms. The molecule has 3 aromatic rings. The topological polar surface area (TPSA) is 0 Å². The average Bonchev–Trinajstić information content (AvgIpc) is 2.75. The minimum Gasteiger partial charge on any atom is -0.135 e. The largest absolute Gasteiger partial charge is 0.135 e. The van der Waals surface area contributed by atoms with Gasteiger partial charge in [-0.3, -0.25) is 0 Å². The molecule has 0 aliphatic rings. The van der Waals surface area contributed by atoms with Crippen molar-refractivity contribution in [2.24, 2.45) is 0 Å². The third kappa shape index (κ3) is 2.05. The molecule has 3 rings (SSSR count). The van der Waals surface area contributed by atoms with E-state index in [1.807, 2.05) is 11.3 Å². The predicted octanol–water partition coefficient (Wildman–Crippen LogP) is 5.84. The fourth-order valence-electron chi connectivity index (χ4n) is 2.04. The summed E-state index contributed by atoms with van der Waals surface area (Å²) in [6.07, 6.45) is 0. The van der Waals surface area contributed by atoms with Crippen molar-refractivity contribution >= 4 is 63.4 Å². The molecule has 0 fully saturated rings. The van der Waals surface area contributed by atoms with Gasteiger partial charge < -0.3 is 0 Å². The highest BCUT2D eigenvalue weighted by atomic mass is 79.9. The van der Waals surface area contributed by atoms with Crippen LogP contribution in [-0.2, 0) is 10.7 Å². The van der Waals surface area contributed by atoms with E-state index in [1.54, 1.807) is 0 Å². The lowest BCUT2D eigenvalue weighted by atomic mass is 10.1. The van der Waals surface area contributed by atoms with Crippen molar-refractivity contribution < 1.29 is 0 Å². The highest BCUT2D eigenvalue weighted by molar-refractivity contribution is 9.08. The van der Waals surface area contributed by atoms with E-state index in [-0.39, 0.29) is 0 Å². The lowest BCUT2D eigenvalue weighted by Crippen LogP contribution is -1.77. The molecule has 2 aromatic carbocycles. The molecule has 0 saturated heterocycles. The highest BCUT2D eigenvalue weighted by Gasteiger charge is 2.06. The predicted molar refractivity (Wildman–Crippen MR) is 84.6 cm³/mol. The van der Waals surface area contributed by atoms with Gasteiger partial charge in [-0.1, -0.05) is 44.0 Å². The van der Waals surface area contributed by atoms with Crippen molar-refractivity contribution in [1.82, 2.24) is 0 Å². The second-order valence-corrected chi connectivity index (χ2v) is 6.24. The maximum atomic E-state index is 3.52. The van der Waals surface area contributed by atoms with Crippen LogP contribution < -0.4 is 0 Å². The Bertz CT molecular complexity index is 627. The second kappa shape index (κ2) is 4.71. The van der Waals surface area contributed by atoms with Crippen LogP contribution >= 0.6 is 43.2 Å². The zero-order valence-electron chi connectivity index (χ0n) is 9.04. The van der Waals surface area contributed by atoms with Gasteiger partial charge in [0.1, 0.15) is 0 Å². The Labute approximate surface area is 121 Å². The number of hydrogen-bond donors (Lipinski definition) is 0. The van der Waals surface area contributed by atoms with Crippen LogP contribution in [-0.4, -0.2) is 0 Å². The van der Waals surface area contributed by atoms with Crippen molar-refractivity contribution in [1.29, 1.82) is 0 Å². The molecular weight excluding hydrogens is 360 g/mol. The van der Waals surface area contributed by atoms with E-state index in [1.165, 1.54) is 31.3 Å². The average molecular weight is 370 g/mol. The first-order valence-electron chi connectivity index (χ1n) is 5.38. The zero-order valence-corrected chi connectivity index (χ0v) is 13.0. The lowest BCUT2D eigenvalue weighted by Gasteiger charge is -1.98. The van der Waals surface area contributed by atoms with Crippen molar-refractivity contribution in [3.8, 4) is 0 Å². The fourth-order valence-corrected chi connectivity index (χ4v) is 3.80. The van der Waals surface area contributed by atoms with E-state index in [4.69, 9.17) is 0 Å². The van der Waals surface area contributed by atoms with Crippen molar-refractivity contribution in [3.63, 3.8) is 0 Å². The van der Waals surface area contributed by atoms with Crippen LogP contribution in [0.4, 0.5) is 0 Å². The summed E-state index contributed by atoms with van der Waals surface area (Å²) < 4.78 is 2.74. The number of alkyl halides is 2. The Morgan fingerprint density at radius 1 is 0.765 bits per heavy atom. The van der Waals surface area contributed by atoms with E-state index >= 15 is 0 Å². The van der Waals surface area contributed by atoms with Crippen LogP contribution in [0.3, 0.4) is 0 Å². The standard InChI is InChI=1S/C14H10Br2S/c15-7-9-1-3-13-11(5-9)12-6-10(8-16)2-4-14(12)17-13/h1-6H,7-8H2. The smallest absolute Gasteiger partial charge is 0.0355 e. The van der Waals surface area contributed by atoms with Crippen LogP contribution in [0.25, 0.3) is 20.2 Å². The molecule has 0 N–H and O–H groups in total. The third-order valence-corrected chi connectivity index (χ3v) is 5.35. The lowest BCUT2D eigenvalue weighted by molar-refractivity contribution is 1.46. The SMILES string of the molecule is BrCc1ccc2sc3ccc(CBr)cc3c2c1.